The van der Waals surface area contributed by atoms with E-state index in [1.165, 1.54) is 0 Å². The van der Waals surface area contributed by atoms with Gasteiger partial charge < -0.3 is 10.4 Å². The van der Waals surface area contributed by atoms with Crippen LogP contribution in [0.1, 0.15) is 25.5 Å². The van der Waals surface area contributed by atoms with Crippen molar-refractivity contribution >= 4 is 17.8 Å². The molecular formula is C18H24N6O3. The molecule has 1 aliphatic rings. The van der Waals surface area contributed by atoms with Crippen LogP contribution in [0.5, 0.6) is 0 Å². The number of nitrogens with zero attached hydrogens (tertiary/aromatic N) is 4. The number of rotatable bonds is 7. The second-order valence-corrected chi connectivity index (χ2v) is 6.65. The highest BCUT2D eigenvalue weighted by Gasteiger charge is 2.34. The van der Waals surface area contributed by atoms with Crippen LogP contribution < -0.4 is 10.6 Å². The second-order valence-electron chi connectivity index (χ2n) is 6.65. The van der Waals surface area contributed by atoms with Gasteiger partial charge in [-0.25, -0.2) is 9.78 Å². The minimum Gasteiger partial charge on any atom is -0.480 e. The molecule has 27 heavy (non-hydrogen) atoms. The molecule has 0 bridgehead atoms. The van der Waals surface area contributed by atoms with E-state index in [-0.39, 0.29) is 24.7 Å². The predicted molar refractivity (Wildman–Crippen MR) is 99.9 cm³/mol. The first-order chi connectivity index (χ1) is 13.0. The van der Waals surface area contributed by atoms with Gasteiger partial charge in [0.15, 0.2) is 5.82 Å². The first-order valence-electron chi connectivity index (χ1n) is 8.97. The Morgan fingerprint density at radius 3 is 2.78 bits per heavy atom. The zero-order chi connectivity index (χ0) is 19.4. The van der Waals surface area contributed by atoms with Gasteiger partial charge in [-0.15, -0.1) is 0 Å². The van der Waals surface area contributed by atoms with Gasteiger partial charge in [0.1, 0.15) is 5.82 Å². The maximum absolute atomic E-state index is 12.3. The molecule has 0 radical (unpaired) electrons. The summed E-state index contributed by atoms with van der Waals surface area (Å²) in [4.78, 5) is 29.4. The Bertz CT molecular complexity index is 801. The van der Waals surface area contributed by atoms with Crippen LogP contribution in [0.2, 0.25) is 0 Å². The topological polar surface area (TPSA) is 112 Å². The molecule has 2 amide bonds. The third-order valence-corrected chi connectivity index (χ3v) is 4.65. The molecule has 144 valence electrons. The van der Waals surface area contributed by atoms with E-state index >= 15 is 0 Å². The van der Waals surface area contributed by atoms with E-state index in [0.29, 0.717) is 18.2 Å². The van der Waals surface area contributed by atoms with Gasteiger partial charge in [0, 0.05) is 24.3 Å². The highest BCUT2D eigenvalue weighted by molar-refractivity contribution is 5.89. The third-order valence-electron chi connectivity index (χ3n) is 4.65. The Balaban J connectivity index is 1.55. The highest BCUT2D eigenvalue weighted by Crippen LogP contribution is 2.25. The molecule has 0 saturated heterocycles. The minimum absolute atomic E-state index is 0.0304. The van der Waals surface area contributed by atoms with Crippen LogP contribution in [0, 0.1) is 6.92 Å². The molecule has 2 aromatic rings. The first-order valence-corrected chi connectivity index (χ1v) is 8.97. The van der Waals surface area contributed by atoms with E-state index in [2.05, 4.69) is 20.7 Å². The van der Waals surface area contributed by atoms with Gasteiger partial charge in [-0.3, -0.25) is 15.0 Å². The quantitative estimate of drug-likeness (QED) is 0.681. The molecule has 3 N–H and O–H groups in total. The summed E-state index contributed by atoms with van der Waals surface area (Å²) in [5.74, 6) is 0.335. The SMILES string of the molecule is CCN(CC(=O)O)C1CC(NC(=O)Nc2cc(C)nn2-c2ccccn2)C1. The number of carbonyl (C=O) groups excluding carboxylic acids is 1. The van der Waals surface area contributed by atoms with Crippen molar-refractivity contribution in [1.29, 1.82) is 0 Å². The number of hydrogen-bond acceptors (Lipinski definition) is 5. The van der Waals surface area contributed by atoms with Crippen molar-refractivity contribution in [3.8, 4) is 5.82 Å². The van der Waals surface area contributed by atoms with Crippen LogP contribution in [0.4, 0.5) is 10.6 Å². The Labute approximate surface area is 157 Å². The first kappa shape index (κ1) is 18.8. The number of carboxylic acid groups (broad SMARTS) is 1. The lowest BCUT2D eigenvalue weighted by Gasteiger charge is -2.42. The lowest BCUT2D eigenvalue weighted by atomic mass is 9.85. The van der Waals surface area contributed by atoms with Gasteiger partial charge >= 0.3 is 12.0 Å². The van der Waals surface area contributed by atoms with Crippen molar-refractivity contribution in [2.45, 2.75) is 38.8 Å². The van der Waals surface area contributed by atoms with Crippen molar-refractivity contribution in [2.75, 3.05) is 18.4 Å². The normalized spacial score (nSPS) is 18.8. The summed E-state index contributed by atoms with van der Waals surface area (Å²) in [6.45, 7) is 4.50. The van der Waals surface area contributed by atoms with Crippen molar-refractivity contribution in [2.24, 2.45) is 0 Å². The minimum atomic E-state index is -0.829. The van der Waals surface area contributed by atoms with Crippen LogP contribution in [-0.2, 0) is 4.79 Å². The number of nitrogens with one attached hydrogen (secondary N) is 2. The fourth-order valence-electron chi connectivity index (χ4n) is 3.26. The molecule has 3 rings (SSSR count). The monoisotopic (exact) mass is 372 g/mol. The molecule has 2 heterocycles. The van der Waals surface area contributed by atoms with Crippen molar-refractivity contribution in [1.82, 2.24) is 25.0 Å². The zero-order valence-electron chi connectivity index (χ0n) is 15.4. The van der Waals surface area contributed by atoms with Crippen LogP contribution in [0.25, 0.3) is 5.82 Å². The molecule has 1 saturated carbocycles. The van der Waals surface area contributed by atoms with E-state index in [4.69, 9.17) is 5.11 Å². The van der Waals surface area contributed by atoms with Crippen molar-refractivity contribution in [3.63, 3.8) is 0 Å². The van der Waals surface area contributed by atoms with E-state index in [1.807, 2.05) is 36.9 Å². The van der Waals surface area contributed by atoms with Gasteiger partial charge in [-0.2, -0.15) is 9.78 Å². The fourth-order valence-corrected chi connectivity index (χ4v) is 3.26. The number of likely N-dealkylation sites (N-methyl/N-ethyl adjacent to an activating group) is 1. The number of pyridine rings is 1. The molecule has 0 spiro atoms. The van der Waals surface area contributed by atoms with Crippen LogP contribution >= 0.6 is 0 Å². The van der Waals surface area contributed by atoms with Gasteiger partial charge in [-0.1, -0.05) is 13.0 Å². The molecule has 0 aliphatic heterocycles. The number of carboxylic acids is 1. The van der Waals surface area contributed by atoms with Gasteiger partial charge in [-0.05, 0) is 38.4 Å². The average Bonchev–Trinajstić information content (AvgIpc) is 2.96. The Kier molecular flexibility index (Phi) is 5.70. The van der Waals surface area contributed by atoms with Crippen molar-refractivity contribution < 1.29 is 14.7 Å². The number of amides is 2. The average molecular weight is 372 g/mol. The predicted octanol–water partition coefficient (Wildman–Crippen LogP) is 1.63. The Hall–Kier alpha value is -2.94. The summed E-state index contributed by atoms with van der Waals surface area (Å²) in [6, 6.07) is 7.18. The summed E-state index contributed by atoms with van der Waals surface area (Å²) in [7, 11) is 0. The largest absolute Gasteiger partial charge is 0.480 e. The van der Waals surface area contributed by atoms with Gasteiger partial charge in [0.25, 0.3) is 0 Å². The molecule has 2 aromatic heterocycles. The number of aliphatic carboxylic acids is 1. The number of anilines is 1. The number of urea groups is 1. The summed E-state index contributed by atoms with van der Waals surface area (Å²) < 4.78 is 1.59. The molecule has 9 nitrogen and oxygen atoms in total. The van der Waals surface area contributed by atoms with Crippen molar-refractivity contribution in [3.05, 3.63) is 36.2 Å². The Morgan fingerprint density at radius 2 is 2.15 bits per heavy atom. The fraction of sp³-hybridized carbons (Fsp3) is 0.444. The van der Waals surface area contributed by atoms with Gasteiger partial charge in [0.2, 0.25) is 0 Å². The molecule has 0 unspecified atom stereocenters. The highest BCUT2D eigenvalue weighted by atomic mass is 16.4. The van der Waals surface area contributed by atoms with E-state index in [1.54, 1.807) is 16.9 Å². The number of carbonyl (C=O) groups is 2. The Morgan fingerprint density at radius 1 is 1.37 bits per heavy atom. The molecule has 0 aromatic carbocycles. The summed E-state index contributed by atoms with van der Waals surface area (Å²) >= 11 is 0. The number of aryl methyl sites for hydroxylation is 1. The van der Waals surface area contributed by atoms with E-state index < -0.39 is 5.97 Å². The maximum Gasteiger partial charge on any atom is 0.320 e. The second kappa shape index (κ2) is 8.17. The lowest BCUT2D eigenvalue weighted by molar-refractivity contribution is -0.139. The third kappa shape index (κ3) is 4.62. The number of aromatic nitrogens is 3. The summed E-state index contributed by atoms with van der Waals surface area (Å²) in [5.41, 5.74) is 0.770. The summed E-state index contributed by atoms with van der Waals surface area (Å²) in [5, 5.41) is 19.1. The maximum atomic E-state index is 12.3. The number of hydrogen-bond donors (Lipinski definition) is 3. The smallest absolute Gasteiger partial charge is 0.320 e. The molecular weight excluding hydrogens is 348 g/mol. The molecule has 1 aliphatic carbocycles. The van der Waals surface area contributed by atoms with Crippen LogP contribution in [-0.4, -0.2) is 61.9 Å². The lowest BCUT2D eigenvalue weighted by Crippen LogP contribution is -2.55. The van der Waals surface area contributed by atoms with Crippen LogP contribution in [0.3, 0.4) is 0 Å². The van der Waals surface area contributed by atoms with Gasteiger partial charge in [0.05, 0.1) is 12.2 Å². The van der Waals surface area contributed by atoms with E-state index in [9.17, 15) is 9.59 Å². The standard InChI is InChI=1S/C18H24N6O3/c1-3-23(11-17(25)26)14-9-13(10-14)20-18(27)21-16-8-12(2)22-24(16)15-6-4-5-7-19-15/h4-8,13-14H,3,9-11H2,1-2H3,(H,25,26)(H2,20,21,27). The summed E-state index contributed by atoms with van der Waals surface area (Å²) in [6.07, 6.45) is 3.15. The molecule has 9 heteroatoms. The van der Waals surface area contributed by atoms with Crippen LogP contribution in [0.15, 0.2) is 30.5 Å². The molecule has 0 atom stereocenters. The van der Waals surface area contributed by atoms with E-state index in [0.717, 1.165) is 18.5 Å². The zero-order valence-corrected chi connectivity index (χ0v) is 15.4. The molecule has 1 fully saturated rings.